The largest absolute Gasteiger partial charge is 0.480 e. The van der Waals surface area contributed by atoms with Gasteiger partial charge in [0.15, 0.2) is 11.6 Å². The Morgan fingerprint density at radius 1 is 1.30 bits per heavy atom. The van der Waals surface area contributed by atoms with Crippen LogP contribution in [-0.2, 0) is 10.8 Å². The lowest BCUT2D eigenvalue weighted by Gasteiger charge is -2.11. The molecule has 0 radical (unpaired) electrons. The molecule has 2 aromatic heterocycles. The van der Waals surface area contributed by atoms with Crippen molar-refractivity contribution in [1.29, 1.82) is 0 Å². The number of ketones is 1. The van der Waals surface area contributed by atoms with Gasteiger partial charge >= 0.3 is 0 Å². The van der Waals surface area contributed by atoms with Gasteiger partial charge in [-0.15, -0.1) is 0 Å². The second-order valence-corrected chi connectivity index (χ2v) is 6.67. The fourth-order valence-electron chi connectivity index (χ4n) is 2.28. The maximum atomic E-state index is 11.8. The molecule has 0 saturated heterocycles. The van der Waals surface area contributed by atoms with E-state index in [0.717, 1.165) is 18.5 Å². The molecule has 3 rings (SSSR count). The number of carbonyl (C=O) groups excluding carboxylic acids is 1. The maximum absolute atomic E-state index is 11.8. The van der Waals surface area contributed by atoms with Crippen LogP contribution in [0.1, 0.15) is 41.9 Å². The van der Waals surface area contributed by atoms with Gasteiger partial charge in [-0.25, -0.2) is 19.9 Å². The number of nitrogens with zero attached hydrogens (tertiary/aromatic N) is 4. The van der Waals surface area contributed by atoms with Crippen molar-refractivity contribution in [2.24, 2.45) is 0 Å². The number of hydrogen-bond acceptors (Lipinski definition) is 7. The second kappa shape index (κ2) is 6.11. The van der Waals surface area contributed by atoms with Gasteiger partial charge in [0.05, 0.1) is 23.6 Å². The lowest BCUT2D eigenvalue weighted by atomic mass is 10.1. The minimum atomic E-state index is -1.34. The first-order valence-electron chi connectivity index (χ1n) is 7.14. The van der Waals surface area contributed by atoms with Crippen LogP contribution in [0.4, 0.5) is 0 Å². The third kappa shape index (κ3) is 3.12. The maximum Gasteiger partial charge on any atom is 0.227 e. The number of aromatic nitrogens is 4. The van der Waals surface area contributed by atoms with Crippen LogP contribution in [0.15, 0.2) is 17.4 Å². The average Bonchev–Trinajstić information content (AvgIpc) is 3.38. The van der Waals surface area contributed by atoms with E-state index in [4.69, 9.17) is 4.74 Å². The van der Waals surface area contributed by atoms with Crippen molar-refractivity contribution >= 4 is 16.6 Å². The molecular weight excluding hydrogens is 316 g/mol. The van der Waals surface area contributed by atoms with Crippen molar-refractivity contribution in [3.05, 3.63) is 23.8 Å². The third-order valence-electron chi connectivity index (χ3n) is 3.58. The first-order valence-corrected chi connectivity index (χ1v) is 8.69. The molecule has 1 aliphatic rings. The van der Waals surface area contributed by atoms with Gasteiger partial charge in [0.1, 0.15) is 22.6 Å². The lowest BCUT2D eigenvalue weighted by molar-refractivity contribution is 0.101. The zero-order valence-electron chi connectivity index (χ0n) is 13.1. The van der Waals surface area contributed by atoms with Gasteiger partial charge < -0.3 is 4.74 Å². The molecule has 2 aromatic rings. The predicted octanol–water partition coefficient (Wildman–Crippen LogP) is 1.76. The molecule has 23 heavy (non-hydrogen) atoms. The summed E-state index contributed by atoms with van der Waals surface area (Å²) in [6.45, 7) is 1.41. The van der Waals surface area contributed by atoms with Crippen molar-refractivity contribution in [1.82, 2.24) is 19.9 Å². The summed E-state index contributed by atoms with van der Waals surface area (Å²) in [7, 11) is 0.175. The molecule has 0 aliphatic heterocycles. The van der Waals surface area contributed by atoms with Gasteiger partial charge in [0.25, 0.3) is 0 Å². The van der Waals surface area contributed by atoms with Crippen LogP contribution in [0.5, 0.6) is 5.88 Å². The van der Waals surface area contributed by atoms with E-state index in [1.807, 2.05) is 0 Å². The first-order chi connectivity index (χ1) is 11.0. The Bertz CT molecular complexity index is 773. The first kappa shape index (κ1) is 15.7. The Hall–Kier alpha value is -2.22. The zero-order valence-corrected chi connectivity index (χ0v) is 13.9. The van der Waals surface area contributed by atoms with E-state index in [9.17, 15) is 9.00 Å². The van der Waals surface area contributed by atoms with Crippen LogP contribution in [-0.4, -0.2) is 43.3 Å². The monoisotopic (exact) mass is 332 g/mol. The Morgan fingerprint density at radius 3 is 2.61 bits per heavy atom. The van der Waals surface area contributed by atoms with E-state index in [1.165, 1.54) is 32.7 Å². The van der Waals surface area contributed by atoms with Crippen LogP contribution in [0.2, 0.25) is 0 Å². The second-order valence-electron chi connectivity index (χ2n) is 5.34. The summed E-state index contributed by atoms with van der Waals surface area (Å²) >= 11 is 0. The summed E-state index contributed by atoms with van der Waals surface area (Å²) in [5.41, 5.74) is 1.60. The Labute approximate surface area is 136 Å². The zero-order chi connectivity index (χ0) is 16.6. The molecule has 7 nitrogen and oxygen atoms in total. The van der Waals surface area contributed by atoms with Gasteiger partial charge in [-0.1, -0.05) is 0 Å². The summed E-state index contributed by atoms with van der Waals surface area (Å²) in [6, 6.07) is 1.45. The standard InChI is InChI=1S/C15H16N4O3S/c1-8(20)10-6-11(23(3)21)19-14(18-10)12-13(9-4-5-9)16-7-17-15(12)22-2/h6-7,9H,4-5H2,1-3H3. The average molecular weight is 332 g/mol. The van der Waals surface area contributed by atoms with Crippen molar-refractivity contribution in [3.63, 3.8) is 0 Å². The number of carbonyl (C=O) groups is 1. The van der Waals surface area contributed by atoms with E-state index in [-0.39, 0.29) is 17.3 Å². The molecule has 2 heterocycles. The van der Waals surface area contributed by atoms with E-state index < -0.39 is 10.8 Å². The number of hydrogen-bond donors (Lipinski definition) is 0. The third-order valence-corrected chi connectivity index (χ3v) is 4.38. The molecular formula is C15H16N4O3S. The fraction of sp³-hybridized carbons (Fsp3) is 0.400. The highest BCUT2D eigenvalue weighted by Gasteiger charge is 2.31. The number of methoxy groups -OCH3 is 1. The highest BCUT2D eigenvalue weighted by atomic mass is 32.2. The highest BCUT2D eigenvalue weighted by molar-refractivity contribution is 7.84. The molecule has 0 aromatic carbocycles. The molecule has 1 aliphatic carbocycles. The van der Waals surface area contributed by atoms with Crippen molar-refractivity contribution < 1.29 is 13.7 Å². The molecule has 8 heteroatoms. The highest BCUT2D eigenvalue weighted by Crippen LogP contribution is 2.44. The minimum absolute atomic E-state index is 0.216. The molecule has 120 valence electrons. The van der Waals surface area contributed by atoms with Gasteiger partial charge in [0.2, 0.25) is 5.88 Å². The van der Waals surface area contributed by atoms with Crippen LogP contribution in [0.3, 0.4) is 0 Å². The fourth-order valence-corrected chi connectivity index (χ4v) is 2.77. The van der Waals surface area contributed by atoms with Gasteiger partial charge in [0, 0.05) is 25.2 Å². The number of rotatable bonds is 5. The van der Waals surface area contributed by atoms with Crippen molar-refractivity contribution in [3.8, 4) is 17.3 Å². The van der Waals surface area contributed by atoms with Gasteiger partial charge in [-0.3, -0.25) is 9.00 Å². The van der Waals surface area contributed by atoms with E-state index in [1.54, 1.807) is 0 Å². The quantitative estimate of drug-likeness (QED) is 0.608. The molecule has 1 fully saturated rings. The Balaban J connectivity index is 2.25. The normalized spacial score (nSPS) is 15.3. The van der Waals surface area contributed by atoms with E-state index in [2.05, 4.69) is 19.9 Å². The Kier molecular flexibility index (Phi) is 4.16. The van der Waals surface area contributed by atoms with E-state index in [0.29, 0.717) is 22.4 Å². The number of ether oxygens (including phenoxy) is 1. The summed E-state index contributed by atoms with van der Waals surface area (Å²) in [4.78, 5) is 28.9. The smallest absolute Gasteiger partial charge is 0.227 e. The summed E-state index contributed by atoms with van der Waals surface area (Å²) in [5, 5.41) is 0.299. The van der Waals surface area contributed by atoms with Crippen LogP contribution in [0, 0.1) is 0 Å². The molecule has 1 unspecified atom stereocenters. The summed E-state index contributed by atoms with van der Waals surface area (Å²) in [5.74, 6) is 0.740. The minimum Gasteiger partial charge on any atom is -0.480 e. The SMILES string of the molecule is COc1ncnc(C2CC2)c1-c1nc(C(C)=O)cc(S(C)=O)n1. The molecule has 1 saturated carbocycles. The summed E-state index contributed by atoms with van der Waals surface area (Å²) in [6.07, 6.45) is 5.03. The molecule has 0 spiro atoms. The molecule has 0 bridgehead atoms. The van der Waals surface area contributed by atoms with Crippen LogP contribution < -0.4 is 4.74 Å². The Morgan fingerprint density at radius 2 is 2.04 bits per heavy atom. The molecule has 0 amide bonds. The van der Waals surface area contributed by atoms with Crippen LogP contribution in [0.25, 0.3) is 11.4 Å². The lowest BCUT2D eigenvalue weighted by Crippen LogP contribution is -2.08. The van der Waals surface area contributed by atoms with Crippen LogP contribution >= 0.6 is 0 Å². The predicted molar refractivity (Wildman–Crippen MR) is 83.9 cm³/mol. The van der Waals surface area contributed by atoms with Crippen molar-refractivity contribution in [2.75, 3.05) is 13.4 Å². The summed E-state index contributed by atoms with van der Waals surface area (Å²) < 4.78 is 17.2. The van der Waals surface area contributed by atoms with Crippen molar-refractivity contribution in [2.45, 2.75) is 30.7 Å². The number of Topliss-reactive ketones (excluding diaryl/α,β-unsaturated/α-hetero) is 1. The van der Waals surface area contributed by atoms with Gasteiger partial charge in [-0.05, 0) is 12.8 Å². The molecule has 1 atom stereocenters. The van der Waals surface area contributed by atoms with Gasteiger partial charge in [-0.2, -0.15) is 0 Å². The molecule has 0 N–H and O–H groups in total. The van der Waals surface area contributed by atoms with E-state index >= 15 is 0 Å². The topological polar surface area (TPSA) is 94.9 Å².